The quantitative estimate of drug-likeness (QED) is 0.657. The second-order valence-corrected chi connectivity index (χ2v) is 7.09. The summed E-state index contributed by atoms with van der Waals surface area (Å²) in [6.45, 7) is 3.92. The summed E-state index contributed by atoms with van der Waals surface area (Å²) in [5.41, 5.74) is 0.469. The van der Waals surface area contributed by atoms with Crippen molar-refractivity contribution >= 4 is 28.6 Å². The zero-order chi connectivity index (χ0) is 20.5. The fraction of sp³-hybridized carbons (Fsp3) is 0.250. The summed E-state index contributed by atoms with van der Waals surface area (Å²) in [6.07, 6.45) is 1.19. The first-order valence-electron chi connectivity index (χ1n) is 8.98. The molecule has 4 rings (SSSR count). The normalized spacial score (nSPS) is 15.0. The maximum Gasteiger partial charge on any atom is 0.341 e. The molecule has 2 aromatic heterocycles. The minimum atomic E-state index is -1.40. The number of halogens is 2. The summed E-state index contributed by atoms with van der Waals surface area (Å²) < 4.78 is 20.7. The van der Waals surface area contributed by atoms with E-state index >= 15 is 0 Å². The first-order chi connectivity index (χ1) is 13.9. The Balaban J connectivity index is 1.78. The van der Waals surface area contributed by atoms with Crippen molar-refractivity contribution in [2.24, 2.45) is 0 Å². The highest BCUT2D eigenvalue weighted by Crippen LogP contribution is 2.21. The lowest BCUT2D eigenvalue weighted by Crippen LogP contribution is -2.35. The fourth-order valence-corrected chi connectivity index (χ4v) is 3.47. The van der Waals surface area contributed by atoms with Crippen LogP contribution in [0.4, 0.5) is 4.39 Å². The molecule has 150 valence electrons. The van der Waals surface area contributed by atoms with Crippen molar-refractivity contribution in [3.8, 4) is 5.69 Å². The van der Waals surface area contributed by atoms with Crippen LogP contribution >= 0.6 is 11.6 Å². The van der Waals surface area contributed by atoms with Crippen molar-refractivity contribution in [3.05, 3.63) is 68.8 Å². The predicted octanol–water partition coefficient (Wildman–Crippen LogP) is 2.71. The molecule has 1 saturated heterocycles. The molecule has 0 bridgehead atoms. The minimum absolute atomic E-state index is 0.0901. The van der Waals surface area contributed by atoms with Gasteiger partial charge in [0.1, 0.15) is 11.2 Å². The van der Waals surface area contributed by atoms with Gasteiger partial charge >= 0.3 is 5.97 Å². The van der Waals surface area contributed by atoms with E-state index in [-0.39, 0.29) is 11.0 Å². The molecule has 1 aromatic carbocycles. The standard InChI is InChI=1S/C20H17ClFN3O4/c21-18-16(22)9-14-17(26)15(20(27)28)11-25(19(14)23-18)13-3-1-12(2-4-13)10-24-5-7-29-8-6-24/h1-4,9,11H,5-8,10H2,(H,27,28). The number of hydrogen-bond donors (Lipinski definition) is 1. The molecule has 3 heterocycles. The molecule has 9 heteroatoms. The Morgan fingerprint density at radius 1 is 1.24 bits per heavy atom. The molecule has 0 atom stereocenters. The van der Waals surface area contributed by atoms with Crippen LogP contribution in [0.15, 0.2) is 41.3 Å². The molecule has 1 N–H and O–H groups in total. The van der Waals surface area contributed by atoms with Gasteiger partial charge in [-0.2, -0.15) is 0 Å². The van der Waals surface area contributed by atoms with Crippen LogP contribution in [0.5, 0.6) is 0 Å². The number of aromatic carboxylic acids is 1. The first-order valence-corrected chi connectivity index (χ1v) is 9.36. The highest BCUT2D eigenvalue weighted by molar-refractivity contribution is 6.29. The third-order valence-electron chi connectivity index (χ3n) is 4.84. The van der Waals surface area contributed by atoms with E-state index in [1.54, 1.807) is 12.1 Å². The zero-order valence-corrected chi connectivity index (χ0v) is 16.0. The maximum atomic E-state index is 13.9. The Labute approximate surface area is 169 Å². The molecule has 0 saturated carbocycles. The molecule has 1 aliphatic heterocycles. The molecule has 0 spiro atoms. The molecule has 0 radical (unpaired) electrons. The van der Waals surface area contributed by atoms with Gasteiger partial charge in [0.2, 0.25) is 5.43 Å². The van der Waals surface area contributed by atoms with Gasteiger partial charge in [0.25, 0.3) is 0 Å². The van der Waals surface area contributed by atoms with Crippen LogP contribution in [0.1, 0.15) is 15.9 Å². The van der Waals surface area contributed by atoms with Gasteiger partial charge in [0.05, 0.1) is 18.6 Å². The fourth-order valence-electron chi connectivity index (χ4n) is 3.33. The third-order valence-corrected chi connectivity index (χ3v) is 5.11. The summed E-state index contributed by atoms with van der Waals surface area (Å²) >= 11 is 5.80. The molecular weight excluding hydrogens is 401 g/mol. The SMILES string of the molecule is O=C(O)c1cn(-c2ccc(CN3CCOCC3)cc2)c2nc(Cl)c(F)cc2c1=O. The molecule has 0 unspecified atom stereocenters. The molecule has 1 aliphatic rings. The average molecular weight is 418 g/mol. The topological polar surface area (TPSA) is 84.7 Å². The van der Waals surface area contributed by atoms with E-state index in [1.807, 2.05) is 12.1 Å². The summed E-state index contributed by atoms with van der Waals surface area (Å²) in [4.78, 5) is 30.2. The number of morpholine rings is 1. The summed E-state index contributed by atoms with van der Waals surface area (Å²) in [7, 11) is 0. The minimum Gasteiger partial charge on any atom is -0.477 e. The summed E-state index contributed by atoms with van der Waals surface area (Å²) in [5, 5.41) is 8.84. The van der Waals surface area contributed by atoms with Crippen molar-refractivity contribution in [2.75, 3.05) is 26.3 Å². The van der Waals surface area contributed by atoms with Crippen LogP contribution in [-0.2, 0) is 11.3 Å². The van der Waals surface area contributed by atoms with E-state index in [0.29, 0.717) is 18.9 Å². The number of hydrogen-bond acceptors (Lipinski definition) is 5. The molecule has 29 heavy (non-hydrogen) atoms. The lowest BCUT2D eigenvalue weighted by Gasteiger charge is -2.26. The van der Waals surface area contributed by atoms with Gasteiger partial charge < -0.3 is 14.4 Å². The largest absolute Gasteiger partial charge is 0.477 e. The number of rotatable bonds is 4. The number of aromatic nitrogens is 2. The Hall–Kier alpha value is -2.81. The van der Waals surface area contributed by atoms with E-state index in [1.165, 1.54) is 10.8 Å². The Kier molecular flexibility index (Phi) is 5.31. The summed E-state index contributed by atoms with van der Waals surface area (Å²) in [5.74, 6) is -2.28. The van der Waals surface area contributed by atoms with Crippen LogP contribution in [-0.4, -0.2) is 51.8 Å². The Bertz CT molecular complexity index is 1140. The van der Waals surface area contributed by atoms with Gasteiger partial charge in [-0.3, -0.25) is 9.69 Å². The van der Waals surface area contributed by atoms with E-state index < -0.39 is 27.9 Å². The molecule has 0 aliphatic carbocycles. The summed E-state index contributed by atoms with van der Waals surface area (Å²) in [6, 6.07) is 8.35. The van der Waals surface area contributed by atoms with Crippen molar-refractivity contribution < 1.29 is 19.0 Å². The lowest BCUT2D eigenvalue weighted by atomic mass is 10.1. The molecular formula is C20H17ClFN3O4. The second kappa shape index (κ2) is 7.90. The zero-order valence-electron chi connectivity index (χ0n) is 15.3. The van der Waals surface area contributed by atoms with Gasteiger partial charge in [-0.25, -0.2) is 14.2 Å². The number of carboxylic acid groups (broad SMARTS) is 1. The van der Waals surface area contributed by atoms with Crippen LogP contribution in [0.3, 0.4) is 0 Å². The Morgan fingerprint density at radius 3 is 2.59 bits per heavy atom. The second-order valence-electron chi connectivity index (χ2n) is 6.73. The Morgan fingerprint density at radius 2 is 1.93 bits per heavy atom. The lowest BCUT2D eigenvalue weighted by molar-refractivity contribution is 0.0342. The number of benzene rings is 1. The molecule has 7 nitrogen and oxygen atoms in total. The van der Waals surface area contributed by atoms with E-state index in [0.717, 1.165) is 31.3 Å². The van der Waals surface area contributed by atoms with Gasteiger partial charge in [-0.15, -0.1) is 0 Å². The van der Waals surface area contributed by atoms with E-state index in [2.05, 4.69) is 9.88 Å². The highest BCUT2D eigenvalue weighted by Gasteiger charge is 2.18. The average Bonchev–Trinajstić information content (AvgIpc) is 2.71. The van der Waals surface area contributed by atoms with Crippen molar-refractivity contribution in [3.63, 3.8) is 0 Å². The number of fused-ring (bicyclic) bond motifs is 1. The van der Waals surface area contributed by atoms with E-state index in [9.17, 15) is 19.1 Å². The third kappa shape index (κ3) is 3.87. The van der Waals surface area contributed by atoms with Crippen molar-refractivity contribution in [1.82, 2.24) is 14.5 Å². The van der Waals surface area contributed by atoms with Crippen LogP contribution in [0.2, 0.25) is 5.15 Å². The number of carbonyl (C=O) groups is 1. The molecule has 3 aromatic rings. The van der Waals surface area contributed by atoms with Crippen LogP contribution in [0, 0.1) is 5.82 Å². The van der Waals surface area contributed by atoms with E-state index in [4.69, 9.17) is 16.3 Å². The van der Waals surface area contributed by atoms with Crippen LogP contribution in [0.25, 0.3) is 16.7 Å². The highest BCUT2D eigenvalue weighted by atomic mass is 35.5. The molecule has 0 amide bonds. The molecule has 1 fully saturated rings. The smallest absolute Gasteiger partial charge is 0.341 e. The van der Waals surface area contributed by atoms with Gasteiger partial charge in [-0.05, 0) is 23.8 Å². The number of nitrogens with zero attached hydrogens (tertiary/aromatic N) is 3. The first kappa shape index (κ1) is 19.5. The van der Waals surface area contributed by atoms with Crippen LogP contribution < -0.4 is 5.43 Å². The number of pyridine rings is 2. The van der Waals surface area contributed by atoms with Gasteiger partial charge in [0, 0.05) is 31.5 Å². The number of carboxylic acids is 1. The maximum absolute atomic E-state index is 13.9. The number of ether oxygens (including phenoxy) is 1. The van der Waals surface area contributed by atoms with Crippen molar-refractivity contribution in [1.29, 1.82) is 0 Å². The van der Waals surface area contributed by atoms with Gasteiger partial charge in [-0.1, -0.05) is 23.7 Å². The predicted molar refractivity (Wildman–Crippen MR) is 105 cm³/mol. The monoisotopic (exact) mass is 417 g/mol. The van der Waals surface area contributed by atoms with Gasteiger partial charge in [0.15, 0.2) is 11.0 Å². The van der Waals surface area contributed by atoms with Crippen molar-refractivity contribution in [2.45, 2.75) is 6.54 Å².